The number of rotatable bonds is 4. The quantitative estimate of drug-likeness (QED) is 0.410. The number of anilines is 1. The van der Waals surface area contributed by atoms with E-state index in [1.54, 1.807) is 0 Å². The molecule has 0 unspecified atom stereocenters. The van der Waals surface area contributed by atoms with Crippen LogP contribution in [-0.2, 0) is 0 Å². The van der Waals surface area contributed by atoms with Gasteiger partial charge in [0.15, 0.2) is 5.78 Å². The van der Waals surface area contributed by atoms with Gasteiger partial charge in [-0.1, -0.05) is 5.10 Å². The van der Waals surface area contributed by atoms with Crippen molar-refractivity contribution >= 4 is 23.3 Å². The lowest BCUT2D eigenvalue weighted by Gasteiger charge is -2.06. The maximum absolute atomic E-state index is 12.0. The molecule has 0 bridgehead atoms. The molecule has 0 saturated heterocycles. The molecule has 108 valence electrons. The summed E-state index contributed by atoms with van der Waals surface area (Å²) in [5.74, 6) is -2.36. The first-order valence-electron chi connectivity index (χ1n) is 5.47. The number of nitrogens with one attached hydrogen (secondary N) is 2. The zero-order valence-electron chi connectivity index (χ0n) is 10.5. The molecule has 0 atom stereocenters. The summed E-state index contributed by atoms with van der Waals surface area (Å²) in [6.45, 7) is 1.18. The van der Waals surface area contributed by atoms with E-state index in [2.05, 4.69) is 25.9 Å². The van der Waals surface area contributed by atoms with E-state index in [4.69, 9.17) is 0 Å². The molecule has 2 aromatic rings. The van der Waals surface area contributed by atoms with Crippen LogP contribution in [0.5, 0.6) is 5.75 Å². The minimum Gasteiger partial charge on any atom is -0.502 e. The van der Waals surface area contributed by atoms with Gasteiger partial charge in [-0.25, -0.2) is 5.10 Å². The first-order chi connectivity index (χ1) is 9.90. The molecule has 21 heavy (non-hydrogen) atoms. The molecule has 1 aromatic carbocycles. The molecule has 11 nitrogen and oxygen atoms in total. The van der Waals surface area contributed by atoms with E-state index in [1.807, 2.05) is 0 Å². The normalized spacial score (nSPS) is 10.1. The maximum atomic E-state index is 12.0. The number of carbonyl (C=O) groups is 2. The van der Waals surface area contributed by atoms with Crippen LogP contribution in [-0.4, -0.2) is 42.3 Å². The number of tetrazole rings is 1. The second-order valence-electron chi connectivity index (χ2n) is 3.91. The topological polar surface area (TPSA) is 164 Å². The van der Waals surface area contributed by atoms with Crippen LogP contribution in [0.3, 0.4) is 0 Å². The molecule has 0 saturated carbocycles. The highest BCUT2D eigenvalue weighted by Gasteiger charge is 2.24. The van der Waals surface area contributed by atoms with Crippen molar-refractivity contribution in [2.75, 3.05) is 5.32 Å². The fourth-order valence-electron chi connectivity index (χ4n) is 1.52. The van der Waals surface area contributed by atoms with Crippen LogP contribution in [0.2, 0.25) is 0 Å². The molecule has 0 radical (unpaired) electrons. The molecule has 1 aromatic heterocycles. The minimum atomic E-state index is -0.905. The van der Waals surface area contributed by atoms with Gasteiger partial charge < -0.3 is 5.11 Å². The second-order valence-corrected chi connectivity index (χ2v) is 3.91. The Morgan fingerprint density at radius 2 is 2.14 bits per heavy atom. The average Bonchev–Trinajstić information content (AvgIpc) is 2.90. The number of carbonyl (C=O) groups excluding carboxylic acids is 2. The van der Waals surface area contributed by atoms with E-state index >= 15 is 0 Å². The van der Waals surface area contributed by atoms with Crippen LogP contribution >= 0.6 is 0 Å². The van der Waals surface area contributed by atoms with Gasteiger partial charge in [-0.15, -0.1) is 0 Å². The molecule has 1 heterocycles. The number of phenolic OH excluding ortho intramolecular Hbond substituents is 1. The summed E-state index contributed by atoms with van der Waals surface area (Å²) in [6.07, 6.45) is 0. The van der Waals surface area contributed by atoms with E-state index in [0.717, 1.165) is 12.1 Å². The second kappa shape index (κ2) is 5.32. The van der Waals surface area contributed by atoms with Crippen molar-refractivity contribution in [3.8, 4) is 5.75 Å². The Labute approximate surface area is 116 Å². The summed E-state index contributed by atoms with van der Waals surface area (Å²) in [5.41, 5.74) is -1.27. The van der Waals surface area contributed by atoms with Gasteiger partial charge in [-0.3, -0.25) is 25.0 Å². The largest absolute Gasteiger partial charge is 0.502 e. The lowest BCUT2D eigenvalue weighted by atomic mass is 10.0. The summed E-state index contributed by atoms with van der Waals surface area (Å²) < 4.78 is 0. The van der Waals surface area contributed by atoms with Crippen molar-refractivity contribution in [2.45, 2.75) is 6.92 Å². The van der Waals surface area contributed by atoms with E-state index < -0.39 is 33.6 Å². The molecule has 11 heteroatoms. The van der Waals surface area contributed by atoms with Gasteiger partial charge in [0.05, 0.1) is 10.5 Å². The number of hydrogen-bond donors (Lipinski definition) is 3. The lowest BCUT2D eigenvalue weighted by Crippen LogP contribution is -2.14. The number of H-pyrrole nitrogens is 1. The van der Waals surface area contributed by atoms with Crippen molar-refractivity contribution in [1.82, 2.24) is 20.6 Å². The summed E-state index contributed by atoms with van der Waals surface area (Å²) in [7, 11) is 0. The number of nitrogens with zero attached hydrogens (tertiary/aromatic N) is 4. The van der Waals surface area contributed by atoms with E-state index in [-0.39, 0.29) is 11.5 Å². The zero-order valence-corrected chi connectivity index (χ0v) is 10.5. The first kappa shape index (κ1) is 14.0. The van der Waals surface area contributed by atoms with Crippen LogP contribution in [0.1, 0.15) is 27.6 Å². The van der Waals surface area contributed by atoms with Gasteiger partial charge in [0.25, 0.3) is 5.91 Å². The molecule has 2 rings (SSSR count). The van der Waals surface area contributed by atoms with Crippen molar-refractivity contribution < 1.29 is 19.6 Å². The fourth-order valence-corrected chi connectivity index (χ4v) is 1.52. The third-order valence-corrected chi connectivity index (χ3v) is 2.51. The Hall–Kier alpha value is -3.37. The van der Waals surface area contributed by atoms with Gasteiger partial charge in [-0.2, -0.15) is 0 Å². The molecular weight excluding hydrogens is 284 g/mol. The Balaban J connectivity index is 2.48. The van der Waals surface area contributed by atoms with Gasteiger partial charge in [0.1, 0.15) is 0 Å². The monoisotopic (exact) mass is 292 g/mol. The predicted octanol–water partition coefficient (Wildman–Crippen LogP) is 0.268. The van der Waals surface area contributed by atoms with Gasteiger partial charge in [0.2, 0.25) is 11.7 Å². The number of hydrogen-bond acceptors (Lipinski definition) is 8. The number of aromatic nitrogens is 4. The molecule has 0 spiro atoms. The number of aromatic amines is 1. The van der Waals surface area contributed by atoms with Crippen molar-refractivity contribution in [1.29, 1.82) is 0 Å². The summed E-state index contributed by atoms with van der Waals surface area (Å²) >= 11 is 0. The van der Waals surface area contributed by atoms with Crippen LogP contribution in [0.25, 0.3) is 0 Å². The highest BCUT2D eigenvalue weighted by molar-refractivity contribution is 6.08. The average molecular weight is 292 g/mol. The SMILES string of the molecule is CC(=O)c1cc(C(=O)Nc2nnn[nH]2)c(O)c([N+](=O)[O-])c1. The Morgan fingerprint density at radius 1 is 1.43 bits per heavy atom. The van der Waals surface area contributed by atoms with Gasteiger partial charge >= 0.3 is 5.69 Å². The minimum absolute atomic E-state index is 0.0830. The van der Waals surface area contributed by atoms with Gasteiger partial charge in [-0.05, 0) is 23.4 Å². The molecule has 0 aliphatic carbocycles. The number of aromatic hydroxyl groups is 1. The molecule has 1 amide bonds. The molecule has 3 N–H and O–H groups in total. The van der Waals surface area contributed by atoms with Crippen LogP contribution in [0.4, 0.5) is 11.6 Å². The molecule has 0 aliphatic heterocycles. The molecule has 0 fully saturated rings. The summed E-state index contributed by atoms with van der Waals surface area (Å²) in [6, 6.07) is 1.94. The van der Waals surface area contributed by atoms with E-state index in [1.165, 1.54) is 6.92 Å². The molecular formula is C10H8N6O5. The third-order valence-electron chi connectivity index (χ3n) is 2.51. The highest BCUT2D eigenvalue weighted by Crippen LogP contribution is 2.31. The zero-order chi connectivity index (χ0) is 15.6. The summed E-state index contributed by atoms with van der Waals surface area (Å²) in [5, 5.41) is 34.9. The van der Waals surface area contributed by atoms with Crippen LogP contribution < -0.4 is 5.32 Å². The van der Waals surface area contributed by atoms with Crippen LogP contribution in [0, 0.1) is 10.1 Å². The smallest absolute Gasteiger partial charge is 0.312 e. The fraction of sp³-hybridized carbons (Fsp3) is 0.100. The van der Waals surface area contributed by atoms with Crippen molar-refractivity contribution in [3.05, 3.63) is 33.4 Å². The van der Waals surface area contributed by atoms with Crippen LogP contribution in [0.15, 0.2) is 12.1 Å². The number of benzene rings is 1. The highest BCUT2D eigenvalue weighted by atomic mass is 16.6. The Morgan fingerprint density at radius 3 is 2.67 bits per heavy atom. The standard InChI is InChI=1S/C10H8N6O5/c1-4(17)5-2-6(8(18)7(3-5)16(20)21)9(19)11-10-12-14-15-13-10/h2-3,18H,1H3,(H2,11,12,13,14,15,19). The lowest BCUT2D eigenvalue weighted by molar-refractivity contribution is -0.385. The number of phenols is 1. The molecule has 0 aliphatic rings. The van der Waals surface area contributed by atoms with Crippen molar-refractivity contribution in [3.63, 3.8) is 0 Å². The third kappa shape index (κ3) is 2.80. The Kier molecular flexibility index (Phi) is 3.56. The van der Waals surface area contributed by atoms with Crippen molar-refractivity contribution in [2.24, 2.45) is 0 Å². The number of nitro groups is 1. The Bertz CT molecular complexity index is 726. The number of ketones is 1. The number of Topliss-reactive ketones (excluding diaryl/α,β-unsaturated/α-hetero) is 1. The number of nitro benzene ring substituents is 1. The first-order valence-corrected chi connectivity index (χ1v) is 5.47. The predicted molar refractivity (Wildman–Crippen MR) is 66.9 cm³/mol. The summed E-state index contributed by atoms with van der Waals surface area (Å²) in [4.78, 5) is 33.3. The van der Waals surface area contributed by atoms with E-state index in [0.29, 0.717) is 0 Å². The maximum Gasteiger partial charge on any atom is 0.312 e. The number of amides is 1. The van der Waals surface area contributed by atoms with Gasteiger partial charge in [0, 0.05) is 11.6 Å². The van der Waals surface area contributed by atoms with E-state index in [9.17, 15) is 24.8 Å².